The number of carbonyl (C=O) groups is 1. The fourth-order valence-corrected chi connectivity index (χ4v) is 3.33. The molecule has 28 heavy (non-hydrogen) atoms. The normalized spacial score (nSPS) is 10.4. The van der Waals surface area contributed by atoms with Crippen LogP contribution in [-0.2, 0) is 6.42 Å². The van der Waals surface area contributed by atoms with Crippen molar-refractivity contribution in [2.75, 3.05) is 5.32 Å². The second-order valence-electron chi connectivity index (χ2n) is 6.68. The van der Waals surface area contributed by atoms with Crippen molar-refractivity contribution >= 4 is 17.2 Å². The summed E-state index contributed by atoms with van der Waals surface area (Å²) >= 11 is 0. The molecule has 0 bridgehead atoms. The number of anilines is 2. The maximum Gasteiger partial charge on any atom is 0.193 e. The maximum atomic E-state index is 13.2. The SMILES string of the molecule is O=C(c1ccccc1)c1cccc(Nc2ccccc2)c1Cc1ccccc1. The third-order valence-corrected chi connectivity index (χ3v) is 4.73. The van der Waals surface area contributed by atoms with Gasteiger partial charge in [0.2, 0.25) is 0 Å². The Morgan fingerprint density at radius 1 is 0.643 bits per heavy atom. The summed E-state index contributed by atoms with van der Waals surface area (Å²) in [6.07, 6.45) is 0.685. The molecular weight excluding hydrogens is 342 g/mol. The van der Waals surface area contributed by atoms with Gasteiger partial charge in [0.15, 0.2) is 5.78 Å². The molecule has 0 aliphatic heterocycles. The highest BCUT2D eigenvalue weighted by molar-refractivity contribution is 6.10. The van der Waals surface area contributed by atoms with E-state index in [1.807, 2.05) is 97.1 Å². The molecule has 0 aliphatic carbocycles. The molecule has 0 spiro atoms. The van der Waals surface area contributed by atoms with E-state index in [0.717, 1.165) is 22.5 Å². The zero-order valence-electron chi connectivity index (χ0n) is 15.5. The quantitative estimate of drug-likeness (QED) is 0.410. The van der Waals surface area contributed by atoms with Crippen LogP contribution in [0.25, 0.3) is 0 Å². The standard InChI is InChI=1S/C26H21NO/c28-26(21-13-6-2-7-14-21)23-17-10-18-25(27-22-15-8-3-9-16-22)24(23)19-20-11-4-1-5-12-20/h1-18,27H,19H2. The van der Waals surface area contributed by atoms with Crippen LogP contribution in [0.5, 0.6) is 0 Å². The van der Waals surface area contributed by atoms with Crippen molar-refractivity contribution in [2.45, 2.75) is 6.42 Å². The van der Waals surface area contributed by atoms with E-state index in [2.05, 4.69) is 17.4 Å². The number of para-hydroxylation sites is 1. The molecule has 0 saturated carbocycles. The highest BCUT2D eigenvalue weighted by Crippen LogP contribution is 2.28. The third kappa shape index (κ3) is 4.02. The van der Waals surface area contributed by atoms with Crippen LogP contribution in [0.4, 0.5) is 11.4 Å². The van der Waals surface area contributed by atoms with Crippen LogP contribution in [0.1, 0.15) is 27.0 Å². The molecule has 0 fully saturated rings. The van der Waals surface area contributed by atoms with Crippen molar-refractivity contribution in [1.82, 2.24) is 0 Å². The van der Waals surface area contributed by atoms with Gasteiger partial charge >= 0.3 is 0 Å². The van der Waals surface area contributed by atoms with Crippen molar-refractivity contribution in [1.29, 1.82) is 0 Å². The minimum Gasteiger partial charge on any atom is -0.355 e. The van der Waals surface area contributed by atoms with Crippen LogP contribution in [0, 0.1) is 0 Å². The zero-order valence-corrected chi connectivity index (χ0v) is 15.5. The molecule has 4 rings (SSSR count). The molecule has 0 heterocycles. The Hall–Kier alpha value is -3.65. The molecule has 0 aromatic heterocycles. The number of hydrogen-bond acceptors (Lipinski definition) is 2. The highest BCUT2D eigenvalue weighted by atomic mass is 16.1. The van der Waals surface area contributed by atoms with E-state index in [-0.39, 0.29) is 5.78 Å². The minimum absolute atomic E-state index is 0.0447. The highest BCUT2D eigenvalue weighted by Gasteiger charge is 2.17. The van der Waals surface area contributed by atoms with Gasteiger partial charge in [0.05, 0.1) is 0 Å². The van der Waals surface area contributed by atoms with E-state index in [1.165, 1.54) is 5.56 Å². The van der Waals surface area contributed by atoms with Gasteiger partial charge in [-0.1, -0.05) is 91.0 Å². The van der Waals surface area contributed by atoms with Crippen molar-refractivity contribution < 1.29 is 4.79 Å². The van der Waals surface area contributed by atoms with Gasteiger partial charge in [-0.2, -0.15) is 0 Å². The fourth-order valence-electron chi connectivity index (χ4n) is 3.33. The van der Waals surface area contributed by atoms with Crippen molar-refractivity contribution in [2.24, 2.45) is 0 Å². The molecule has 0 aliphatic rings. The summed E-state index contributed by atoms with van der Waals surface area (Å²) < 4.78 is 0. The number of hydrogen-bond donors (Lipinski definition) is 1. The summed E-state index contributed by atoms with van der Waals surface area (Å²) in [6.45, 7) is 0. The largest absolute Gasteiger partial charge is 0.355 e. The van der Waals surface area contributed by atoms with Crippen LogP contribution < -0.4 is 5.32 Å². The average Bonchev–Trinajstić information content (AvgIpc) is 2.76. The van der Waals surface area contributed by atoms with E-state index in [4.69, 9.17) is 0 Å². The van der Waals surface area contributed by atoms with Crippen molar-refractivity contribution in [3.8, 4) is 0 Å². The number of ketones is 1. The van der Waals surface area contributed by atoms with E-state index >= 15 is 0 Å². The molecule has 0 amide bonds. The van der Waals surface area contributed by atoms with Crippen LogP contribution in [0.15, 0.2) is 109 Å². The van der Waals surface area contributed by atoms with Crippen LogP contribution in [0.3, 0.4) is 0 Å². The molecule has 2 nitrogen and oxygen atoms in total. The van der Waals surface area contributed by atoms with Gasteiger partial charge in [-0.25, -0.2) is 0 Å². The molecular formula is C26H21NO. The van der Waals surface area contributed by atoms with Gasteiger partial charge in [-0.15, -0.1) is 0 Å². The fraction of sp³-hybridized carbons (Fsp3) is 0.0385. The van der Waals surface area contributed by atoms with E-state index in [0.29, 0.717) is 12.0 Å². The van der Waals surface area contributed by atoms with Crippen LogP contribution in [0.2, 0.25) is 0 Å². The lowest BCUT2D eigenvalue weighted by molar-refractivity contribution is 0.103. The Kier molecular flexibility index (Phi) is 5.30. The molecule has 0 unspecified atom stereocenters. The first-order valence-corrected chi connectivity index (χ1v) is 9.39. The van der Waals surface area contributed by atoms with Crippen molar-refractivity contribution in [3.63, 3.8) is 0 Å². The average molecular weight is 363 g/mol. The first-order valence-electron chi connectivity index (χ1n) is 9.39. The van der Waals surface area contributed by atoms with Gasteiger partial charge in [-0.05, 0) is 29.3 Å². The number of rotatable bonds is 6. The Bertz CT molecular complexity index is 1060. The monoisotopic (exact) mass is 363 g/mol. The Morgan fingerprint density at radius 3 is 1.93 bits per heavy atom. The molecule has 4 aromatic rings. The summed E-state index contributed by atoms with van der Waals surface area (Å²) in [5, 5.41) is 3.49. The summed E-state index contributed by atoms with van der Waals surface area (Å²) in [5.74, 6) is 0.0447. The summed E-state index contributed by atoms with van der Waals surface area (Å²) in [4.78, 5) is 13.2. The minimum atomic E-state index is 0.0447. The zero-order chi connectivity index (χ0) is 19.2. The van der Waals surface area contributed by atoms with Gasteiger partial charge in [0.1, 0.15) is 0 Å². The topological polar surface area (TPSA) is 29.1 Å². The van der Waals surface area contributed by atoms with Gasteiger partial charge in [0.25, 0.3) is 0 Å². The number of benzene rings is 4. The molecule has 2 heteroatoms. The Morgan fingerprint density at radius 2 is 1.25 bits per heavy atom. The molecule has 0 atom stereocenters. The Balaban J connectivity index is 1.78. The number of carbonyl (C=O) groups excluding carboxylic acids is 1. The summed E-state index contributed by atoms with van der Waals surface area (Å²) in [7, 11) is 0. The molecule has 1 N–H and O–H groups in total. The molecule has 0 saturated heterocycles. The smallest absolute Gasteiger partial charge is 0.193 e. The molecule has 136 valence electrons. The van der Waals surface area contributed by atoms with Gasteiger partial charge in [-0.3, -0.25) is 4.79 Å². The van der Waals surface area contributed by atoms with Crippen molar-refractivity contribution in [3.05, 3.63) is 131 Å². The predicted octanol–water partition coefficient (Wildman–Crippen LogP) is 6.25. The predicted molar refractivity (Wildman–Crippen MR) is 115 cm³/mol. The first kappa shape index (κ1) is 17.7. The van der Waals surface area contributed by atoms with E-state index < -0.39 is 0 Å². The van der Waals surface area contributed by atoms with Gasteiger partial charge < -0.3 is 5.32 Å². The lowest BCUT2D eigenvalue weighted by Gasteiger charge is -2.16. The molecule has 0 radical (unpaired) electrons. The van der Waals surface area contributed by atoms with Gasteiger partial charge in [0, 0.05) is 28.9 Å². The summed E-state index contributed by atoms with van der Waals surface area (Å²) in [5.41, 5.74) is 5.57. The lowest BCUT2D eigenvalue weighted by Crippen LogP contribution is -2.08. The number of nitrogens with one attached hydrogen (secondary N) is 1. The molecule has 4 aromatic carbocycles. The summed E-state index contributed by atoms with van der Waals surface area (Å²) in [6, 6.07) is 35.6. The lowest BCUT2D eigenvalue weighted by atomic mass is 9.92. The Labute approximate surface area is 165 Å². The van der Waals surface area contributed by atoms with E-state index in [9.17, 15) is 4.79 Å². The third-order valence-electron chi connectivity index (χ3n) is 4.73. The first-order chi connectivity index (χ1) is 13.8. The van der Waals surface area contributed by atoms with Crippen LogP contribution in [-0.4, -0.2) is 5.78 Å². The second-order valence-corrected chi connectivity index (χ2v) is 6.68. The van der Waals surface area contributed by atoms with E-state index in [1.54, 1.807) is 0 Å². The van der Waals surface area contributed by atoms with Crippen LogP contribution >= 0.6 is 0 Å². The maximum absolute atomic E-state index is 13.2. The second kappa shape index (κ2) is 8.36.